The maximum atomic E-state index is 9.61. The summed E-state index contributed by atoms with van der Waals surface area (Å²) in [5.74, 6) is 0. The Morgan fingerprint density at radius 2 is 1.75 bits per heavy atom. The molecule has 0 saturated carbocycles. The molecule has 0 spiro atoms. The molecule has 1 N–H and O–H groups in total. The second-order valence-corrected chi connectivity index (χ2v) is 5.50. The highest BCUT2D eigenvalue weighted by atomic mass is 16.3. The number of aliphatic hydroxyl groups is 1. The average molecular weight is 269 g/mol. The van der Waals surface area contributed by atoms with E-state index in [9.17, 15) is 5.11 Å². The summed E-state index contributed by atoms with van der Waals surface area (Å²) >= 11 is 0. The Bertz CT molecular complexity index is 549. The number of aliphatic hydroxyl groups excluding tert-OH is 1. The van der Waals surface area contributed by atoms with Gasteiger partial charge in [-0.25, -0.2) is 0 Å². The summed E-state index contributed by atoms with van der Waals surface area (Å²) < 4.78 is 0. The lowest BCUT2D eigenvalue weighted by molar-refractivity contribution is 0.281. The molecule has 0 aliphatic heterocycles. The minimum atomic E-state index is 0.0784. The third-order valence-electron chi connectivity index (χ3n) is 3.53. The number of anilines is 1. The normalized spacial score (nSPS) is 10.8. The van der Waals surface area contributed by atoms with E-state index in [0.717, 1.165) is 17.8 Å². The summed E-state index contributed by atoms with van der Waals surface area (Å²) in [6.45, 7) is 7.36. The Labute approximate surface area is 121 Å². The van der Waals surface area contributed by atoms with E-state index in [1.807, 2.05) is 6.07 Å². The van der Waals surface area contributed by atoms with Gasteiger partial charge in [0.05, 0.1) is 6.61 Å². The van der Waals surface area contributed by atoms with Crippen molar-refractivity contribution in [2.24, 2.45) is 0 Å². The smallest absolute Gasteiger partial charge is 0.0702 e. The van der Waals surface area contributed by atoms with Gasteiger partial charge in [-0.1, -0.05) is 48.0 Å². The molecular weight excluding hydrogens is 246 g/mol. The third-order valence-corrected chi connectivity index (χ3v) is 3.53. The zero-order valence-corrected chi connectivity index (χ0v) is 12.5. The van der Waals surface area contributed by atoms with Crippen LogP contribution in [0.25, 0.3) is 0 Å². The van der Waals surface area contributed by atoms with Crippen molar-refractivity contribution in [3.05, 3.63) is 65.2 Å². The molecule has 0 bridgehead atoms. The maximum Gasteiger partial charge on any atom is 0.0702 e. The van der Waals surface area contributed by atoms with Crippen molar-refractivity contribution < 1.29 is 5.11 Å². The van der Waals surface area contributed by atoms with Gasteiger partial charge in [-0.15, -0.1) is 0 Å². The number of hydrogen-bond acceptors (Lipinski definition) is 2. The van der Waals surface area contributed by atoms with Crippen LogP contribution in [0, 0.1) is 6.92 Å². The molecule has 0 heterocycles. The van der Waals surface area contributed by atoms with E-state index in [0.29, 0.717) is 6.04 Å². The van der Waals surface area contributed by atoms with Gasteiger partial charge in [-0.2, -0.15) is 0 Å². The summed E-state index contributed by atoms with van der Waals surface area (Å²) in [5.41, 5.74) is 4.58. The van der Waals surface area contributed by atoms with Gasteiger partial charge in [-0.3, -0.25) is 0 Å². The zero-order valence-electron chi connectivity index (χ0n) is 12.5. The molecule has 0 saturated heterocycles. The van der Waals surface area contributed by atoms with Crippen molar-refractivity contribution in [3.8, 4) is 0 Å². The number of hydrogen-bond donors (Lipinski definition) is 1. The highest BCUT2D eigenvalue weighted by molar-refractivity contribution is 5.55. The number of benzene rings is 2. The fourth-order valence-electron chi connectivity index (χ4n) is 2.45. The molecule has 20 heavy (non-hydrogen) atoms. The van der Waals surface area contributed by atoms with Crippen LogP contribution in [0.4, 0.5) is 5.69 Å². The summed E-state index contributed by atoms with van der Waals surface area (Å²) in [7, 11) is 0. The van der Waals surface area contributed by atoms with E-state index in [-0.39, 0.29) is 6.61 Å². The van der Waals surface area contributed by atoms with Crippen LogP contribution in [-0.2, 0) is 13.2 Å². The van der Waals surface area contributed by atoms with Crippen LogP contribution in [0.5, 0.6) is 0 Å². The van der Waals surface area contributed by atoms with Gasteiger partial charge in [0.2, 0.25) is 0 Å². The number of rotatable bonds is 5. The summed E-state index contributed by atoms with van der Waals surface area (Å²) in [6.07, 6.45) is 0. The van der Waals surface area contributed by atoms with Gasteiger partial charge in [0.1, 0.15) is 0 Å². The van der Waals surface area contributed by atoms with Crippen molar-refractivity contribution in [3.63, 3.8) is 0 Å². The minimum absolute atomic E-state index is 0.0784. The lowest BCUT2D eigenvalue weighted by Gasteiger charge is -2.31. The molecule has 2 aromatic carbocycles. The quantitative estimate of drug-likeness (QED) is 0.889. The molecule has 106 valence electrons. The Balaban J connectivity index is 2.34. The second-order valence-electron chi connectivity index (χ2n) is 5.50. The first kappa shape index (κ1) is 14.6. The van der Waals surface area contributed by atoms with E-state index >= 15 is 0 Å². The van der Waals surface area contributed by atoms with Crippen LogP contribution in [-0.4, -0.2) is 11.1 Å². The molecule has 0 fully saturated rings. The fraction of sp³-hybridized carbons (Fsp3) is 0.333. The van der Waals surface area contributed by atoms with Crippen molar-refractivity contribution in [2.45, 2.75) is 40.0 Å². The summed E-state index contributed by atoms with van der Waals surface area (Å²) in [4.78, 5) is 2.33. The van der Waals surface area contributed by atoms with Crippen molar-refractivity contribution in [2.75, 3.05) is 4.90 Å². The van der Waals surface area contributed by atoms with Crippen LogP contribution < -0.4 is 4.90 Å². The number of aryl methyl sites for hydroxylation is 1. The van der Waals surface area contributed by atoms with Crippen LogP contribution in [0.3, 0.4) is 0 Å². The molecule has 0 amide bonds. The fourth-order valence-corrected chi connectivity index (χ4v) is 2.45. The van der Waals surface area contributed by atoms with Crippen LogP contribution in [0.15, 0.2) is 48.5 Å². The molecule has 0 atom stereocenters. The lowest BCUT2D eigenvalue weighted by Crippen LogP contribution is -2.31. The van der Waals surface area contributed by atoms with Gasteiger partial charge in [-0.05, 0) is 32.4 Å². The van der Waals surface area contributed by atoms with E-state index in [2.05, 4.69) is 68.1 Å². The second kappa shape index (κ2) is 6.58. The predicted octanol–water partition coefficient (Wildman–Crippen LogP) is 3.90. The van der Waals surface area contributed by atoms with E-state index in [4.69, 9.17) is 0 Å². The maximum absolute atomic E-state index is 9.61. The largest absolute Gasteiger partial charge is 0.392 e. The highest BCUT2D eigenvalue weighted by Crippen LogP contribution is 2.26. The zero-order chi connectivity index (χ0) is 14.5. The molecule has 2 aromatic rings. The lowest BCUT2D eigenvalue weighted by atomic mass is 10.1. The minimum Gasteiger partial charge on any atom is -0.392 e. The Morgan fingerprint density at radius 1 is 1.05 bits per heavy atom. The summed E-state index contributed by atoms with van der Waals surface area (Å²) in [6, 6.07) is 17.1. The molecule has 0 radical (unpaired) electrons. The van der Waals surface area contributed by atoms with E-state index in [1.165, 1.54) is 11.1 Å². The van der Waals surface area contributed by atoms with Crippen LogP contribution >= 0.6 is 0 Å². The van der Waals surface area contributed by atoms with Gasteiger partial charge in [0.15, 0.2) is 0 Å². The Kier molecular flexibility index (Phi) is 4.80. The first-order chi connectivity index (χ1) is 9.61. The predicted molar refractivity (Wildman–Crippen MR) is 84.9 cm³/mol. The van der Waals surface area contributed by atoms with E-state index < -0.39 is 0 Å². The first-order valence-electron chi connectivity index (χ1n) is 7.12. The Morgan fingerprint density at radius 3 is 2.35 bits per heavy atom. The monoisotopic (exact) mass is 269 g/mol. The molecule has 0 unspecified atom stereocenters. The average Bonchev–Trinajstić information content (AvgIpc) is 2.46. The highest BCUT2D eigenvalue weighted by Gasteiger charge is 2.14. The van der Waals surface area contributed by atoms with Gasteiger partial charge >= 0.3 is 0 Å². The van der Waals surface area contributed by atoms with Gasteiger partial charge < -0.3 is 10.0 Å². The van der Waals surface area contributed by atoms with Crippen LogP contribution in [0.2, 0.25) is 0 Å². The standard InChI is InChI=1S/C18H23NO/c1-14(2)19(12-16-7-5-4-6-8-16)18-10-9-15(3)11-17(18)13-20/h4-11,14,20H,12-13H2,1-3H3. The molecule has 0 aliphatic rings. The van der Waals surface area contributed by atoms with Crippen molar-refractivity contribution >= 4 is 5.69 Å². The van der Waals surface area contributed by atoms with E-state index in [1.54, 1.807) is 0 Å². The molecule has 0 aliphatic carbocycles. The topological polar surface area (TPSA) is 23.5 Å². The van der Waals surface area contributed by atoms with Crippen LogP contribution in [0.1, 0.15) is 30.5 Å². The van der Waals surface area contributed by atoms with Crippen molar-refractivity contribution in [1.29, 1.82) is 0 Å². The molecule has 2 heteroatoms. The summed E-state index contributed by atoms with van der Waals surface area (Å²) in [5, 5.41) is 9.61. The Hall–Kier alpha value is -1.80. The molecule has 0 aromatic heterocycles. The van der Waals surface area contributed by atoms with Gasteiger partial charge in [0, 0.05) is 23.8 Å². The SMILES string of the molecule is Cc1ccc(N(Cc2ccccc2)C(C)C)c(CO)c1. The third kappa shape index (κ3) is 3.40. The van der Waals surface area contributed by atoms with Gasteiger partial charge in [0.25, 0.3) is 0 Å². The van der Waals surface area contributed by atoms with Crippen molar-refractivity contribution in [1.82, 2.24) is 0 Å². The molecule has 2 nitrogen and oxygen atoms in total. The molecule has 2 rings (SSSR count). The molecular formula is C18H23NO. The first-order valence-corrected chi connectivity index (χ1v) is 7.12. The number of nitrogens with zero attached hydrogens (tertiary/aromatic N) is 1.